The summed E-state index contributed by atoms with van der Waals surface area (Å²) in [6.45, 7) is 2.57. The van der Waals surface area contributed by atoms with Crippen molar-refractivity contribution >= 4 is 29.4 Å². The van der Waals surface area contributed by atoms with Gasteiger partial charge in [-0.25, -0.2) is 4.68 Å². The maximum absolute atomic E-state index is 13.9. The molecule has 3 aromatic carbocycles. The molecule has 10 heteroatoms. The Kier molecular flexibility index (Phi) is 9.14. The monoisotopic (exact) mass is 586 g/mol. The first-order chi connectivity index (χ1) is 20.4. The molecular weight excluding hydrogens is 552 g/mol. The quantitative estimate of drug-likeness (QED) is 0.267. The van der Waals surface area contributed by atoms with E-state index in [1.54, 1.807) is 30.9 Å². The first-order valence-electron chi connectivity index (χ1n) is 13.6. The molecule has 1 atom stereocenters. The molecule has 1 N–H and O–H groups in total. The second kappa shape index (κ2) is 13.1. The number of thioether (sulfide) groups is 1. The molecular formula is C32H34N4O5S. The maximum Gasteiger partial charge on any atom is 0.240 e. The molecule has 218 valence electrons. The number of fused-ring (bicyclic) bond motifs is 1. The zero-order valence-electron chi connectivity index (χ0n) is 24.1. The van der Waals surface area contributed by atoms with E-state index >= 15 is 0 Å². The number of carbonyl (C=O) groups is 2. The van der Waals surface area contributed by atoms with E-state index in [0.717, 1.165) is 27.9 Å². The molecule has 4 aromatic rings. The third-order valence-corrected chi connectivity index (χ3v) is 8.30. The summed E-state index contributed by atoms with van der Waals surface area (Å²) in [4.78, 5) is 28.6. The normalized spacial score (nSPS) is 14.7. The number of hydrogen-bond acceptors (Lipinski definition) is 7. The Balaban J connectivity index is 1.78. The van der Waals surface area contributed by atoms with Crippen LogP contribution in [-0.4, -0.2) is 68.4 Å². The van der Waals surface area contributed by atoms with Crippen molar-refractivity contribution in [2.24, 2.45) is 0 Å². The van der Waals surface area contributed by atoms with Gasteiger partial charge in [0.1, 0.15) is 23.9 Å². The van der Waals surface area contributed by atoms with Crippen LogP contribution in [0.4, 0.5) is 5.82 Å². The van der Waals surface area contributed by atoms with Crippen molar-refractivity contribution in [3.05, 3.63) is 89.5 Å². The Labute approximate surface area is 249 Å². The standard InChI is InChI=1S/C32H34N4O5S/c1-21-10-12-23(13-11-21)36-32-29(30(34-36)22-8-6-5-7-9-22)31(25-18-24(40-3)14-15-26(25)41-4)42-20-28(38)35(32)19-27(37)33-16-17-39-2/h5-15,18,31H,16-17,19-20H2,1-4H3,(H,33,37)/t31-/m0/s1. The topological polar surface area (TPSA) is 94.9 Å². The highest BCUT2D eigenvalue weighted by molar-refractivity contribution is 8.00. The second-order valence-electron chi connectivity index (χ2n) is 9.82. The van der Waals surface area contributed by atoms with Crippen LogP contribution in [0.15, 0.2) is 72.8 Å². The van der Waals surface area contributed by atoms with Crippen LogP contribution in [0.5, 0.6) is 11.5 Å². The van der Waals surface area contributed by atoms with Gasteiger partial charge < -0.3 is 19.5 Å². The minimum absolute atomic E-state index is 0.146. The van der Waals surface area contributed by atoms with Crippen LogP contribution >= 0.6 is 11.8 Å². The van der Waals surface area contributed by atoms with Gasteiger partial charge in [-0.15, -0.1) is 11.8 Å². The molecule has 0 saturated heterocycles. The van der Waals surface area contributed by atoms with Crippen LogP contribution in [0, 0.1) is 6.92 Å². The predicted molar refractivity (Wildman–Crippen MR) is 165 cm³/mol. The number of carbonyl (C=O) groups excluding carboxylic acids is 2. The number of nitrogens with one attached hydrogen (secondary N) is 1. The highest BCUT2D eigenvalue weighted by Crippen LogP contribution is 2.51. The van der Waals surface area contributed by atoms with E-state index in [0.29, 0.717) is 36.2 Å². The summed E-state index contributed by atoms with van der Waals surface area (Å²) in [5, 5.41) is 7.63. The Bertz CT molecular complexity index is 1560. The number of aromatic nitrogens is 2. The van der Waals surface area contributed by atoms with Crippen molar-refractivity contribution in [3.8, 4) is 28.4 Å². The molecule has 0 spiro atoms. The number of hydrogen-bond donors (Lipinski definition) is 1. The van der Waals surface area contributed by atoms with E-state index in [1.807, 2.05) is 79.7 Å². The number of nitrogens with zero attached hydrogens (tertiary/aromatic N) is 3. The maximum atomic E-state index is 13.9. The van der Waals surface area contributed by atoms with Gasteiger partial charge >= 0.3 is 0 Å². The van der Waals surface area contributed by atoms with Crippen LogP contribution in [-0.2, 0) is 14.3 Å². The summed E-state index contributed by atoms with van der Waals surface area (Å²) >= 11 is 1.48. The summed E-state index contributed by atoms with van der Waals surface area (Å²) in [5.41, 5.74) is 5.15. The van der Waals surface area contributed by atoms with Crippen LogP contribution in [0.2, 0.25) is 0 Å². The van der Waals surface area contributed by atoms with Gasteiger partial charge in [-0.1, -0.05) is 48.0 Å². The Morgan fingerprint density at radius 2 is 1.79 bits per heavy atom. The zero-order chi connectivity index (χ0) is 29.6. The van der Waals surface area contributed by atoms with Crippen LogP contribution in [0.3, 0.4) is 0 Å². The van der Waals surface area contributed by atoms with Gasteiger partial charge in [-0.2, -0.15) is 5.10 Å². The largest absolute Gasteiger partial charge is 0.497 e. The second-order valence-corrected chi connectivity index (χ2v) is 10.9. The lowest BCUT2D eigenvalue weighted by Crippen LogP contribution is -2.43. The van der Waals surface area contributed by atoms with E-state index in [-0.39, 0.29) is 29.4 Å². The summed E-state index contributed by atoms with van der Waals surface area (Å²) in [6, 6.07) is 23.5. The van der Waals surface area contributed by atoms with Crippen molar-refractivity contribution in [3.63, 3.8) is 0 Å². The lowest BCUT2D eigenvalue weighted by Gasteiger charge is -2.23. The number of amides is 2. The number of benzene rings is 3. The molecule has 2 amide bonds. The highest BCUT2D eigenvalue weighted by atomic mass is 32.2. The average molecular weight is 587 g/mol. The zero-order valence-corrected chi connectivity index (χ0v) is 24.9. The fourth-order valence-corrected chi connectivity index (χ4v) is 6.19. The van der Waals surface area contributed by atoms with Crippen molar-refractivity contribution in [1.82, 2.24) is 15.1 Å². The van der Waals surface area contributed by atoms with Gasteiger partial charge in [0.25, 0.3) is 0 Å². The van der Waals surface area contributed by atoms with E-state index < -0.39 is 0 Å². The summed E-state index contributed by atoms with van der Waals surface area (Å²) < 4.78 is 18.3. The summed E-state index contributed by atoms with van der Waals surface area (Å²) in [5.74, 6) is 1.55. The Morgan fingerprint density at radius 1 is 1.02 bits per heavy atom. The number of anilines is 1. The molecule has 0 unspecified atom stereocenters. The third kappa shape index (κ3) is 6.00. The minimum atomic E-state index is -0.357. The van der Waals surface area contributed by atoms with E-state index in [9.17, 15) is 9.59 Å². The molecule has 42 heavy (non-hydrogen) atoms. The number of methoxy groups -OCH3 is 3. The molecule has 0 aliphatic carbocycles. The lowest BCUT2D eigenvalue weighted by molar-refractivity contribution is -0.123. The molecule has 5 rings (SSSR count). The number of aryl methyl sites for hydroxylation is 1. The molecule has 0 saturated carbocycles. The van der Waals surface area contributed by atoms with Gasteiger partial charge in [0.05, 0.1) is 43.2 Å². The van der Waals surface area contributed by atoms with E-state index in [2.05, 4.69) is 5.32 Å². The van der Waals surface area contributed by atoms with Gasteiger partial charge in [-0.05, 0) is 37.3 Å². The van der Waals surface area contributed by atoms with Crippen LogP contribution < -0.4 is 19.7 Å². The van der Waals surface area contributed by atoms with Crippen LogP contribution in [0.25, 0.3) is 16.9 Å². The van der Waals surface area contributed by atoms with Gasteiger partial charge in [0.15, 0.2) is 0 Å². The first-order valence-corrected chi connectivity index (χ1v) is 14.6. The highest BCUT2D eigenvalue weighted by Gasteiger charge is 2.38. The van der Waals surface area contributed by atoms with E-state index in [1.165, 1.54) is 11.8 Å². The van der Waals surface area contributed by atoms with Crippen molar-refractivity contribution < 1.29 is 23.8 Å². The molecule has 1 aliphatic heterocycles. The van der Waals surface area contributed by atoms with Gasteiger partial charge in [0.2, 0.25) is 11.8 Å². The Hall–Kier alpha value is -4.28. The summed E-state index contributed by atoms with van der Waals surface area (Å²) in [7, 11) is 4.82. The number of ether oxygens (including phenoxy) is 3. The predicted octanol–water partition coefficient (Wildman–Crippen LogP) is 4.80. The van der Waals surface area contributed by atoms with E-state index in [4.69, 9.17) is 19.3 Å². The molecule has 9 nitrogen and oxygen atoms in total. The molecule has 0 bridgehead atoms. The molecule has 0 radical (unpaired) electrons. The van der Waals surface area contributed by atoms with Crippen molar-refractivity contribution in [1.29, 1.82) is 0 Å². The number of rotatable bonds is 10. The fourth-order valence-electron chi connectivity index (χ4n) is 4.98. The molecule has 1 aromatic heterocycles. The Morgan fingerprint density at radius 3 is 2.48 bits per heavy atom. The smallest absolute Gasteiger partial charge is 0.240 e. The van der Waals surface area contributed by atoms with Crippen molar-refractivity contribution in [2.45, 2.75) is 12.2 Å². The van der Waals surface area contributed by atoms with Crippen molar-refractivity contribution in [2.75, 3.05) is 51.7 Å². The minimum Gasteiger partial charge on any atom is -0.497 e. The summed E-state index contributed by atoms with van der Waals surface area (Å²) in [6.07, 6.45) is 0. The van der Waals surface area contributed by atoms with Gasteiger partial charge in [0, 0.05) is 30.3 Å². The SMILES string of the molecule is COCCNC(=O)CN1C(=O)CS[C@@H](c2cc(OC)ccc2OC)c2c(-c3ccccc3)nn(-c3ccc(C)cc3)c21. The molecule has 0 fully saturated rings. The van der Waals surface area contributed by atoms with Crippen LogP contribution in [0.1, 0.15) is 21.9 Å². The first kappa shape index (κ1) is 29.2. The third-order valence-electron chi connectivity index (χ3n) is 7.06. The average Bonchev–Trinajstić information content (AvgIpc) is 3.34. The lowest BCUT2D eigenvalue weighted by atomic mass is 9.98. The fraction of sp³-hybridized carbons (Fsp3) is 0.281. The molecule has 2 heterocycles. The molecule has 1 aliphatic rings. The van der Waals surface area contributed by atoms with Gasteiger partial charge in [-0.3, -0.25) is 14.5 Å².